The Labute approximate surface area is 187 Å². The number of hydrogen-bond donors (Lipinski definition) is 1. The predicted molar refractivity (Wildman–Crippen MR) is 118 cm³/mol. The van der Waals surface area contributed by atoms with Crippen LogP contribution in [0.1, 0.15) is 44.0 Å². The summed E-state index contributed by atoms with van der Waals surface area (Å²) in [6, 6.07) is 3.32. The lowest BCUT2D eigenvalue weighted by molar-refractivity contribution is -0.133. The van der Waals surface area contributed by atoms with E-state index in [1.165, 1.54) is 4.90 Å². The maximum absolute atomic E-state index is 13.3. The molecule has 0 aliphatic carbocycles. The summed E-state index contributed by atoms with van der Waals surface area (Å²) in [5.74, 6) is 0.134. The van der Waals surface area contributed by atoms with E-state index < -0.39 is 17.6 Å². The molecule has 1 atom stereocenters. The number of fused-ring (bicyclic) bond motifs is 1. The van der Waals surface area contributed by atoms with E-state index in [4.69, 9.17) is 4.74 Å². The number of piperidine rings is 1. The second kappa shape index (κ2) is 8.20. The summed E-state index contributed by atoms with van der Waals surface area (Å²) in [6.07, 6.45) is 1.07. The zero-order chi connectivity index (χ0) is 23.2. The van der Waals surface area contributed by atoms with Gasteiger partial charge in [0.25, 0.3) is 11.8 Å². The van der Waals surface area contributed by atoms with Crippen molar-refractivity contribution in [3.05, 3.63) is 23.8 Å². The number of ketones is 1. The fourth-order valence-corrected chi connectivity index (χ4v) is 4.75. The Balaban J connectivity index is 1.51. The minimum absolute atomic E-state index is 0.0493. The van der Waals surface area contributed by atoms with E-state index in [0.29, 0.717) is 35.8 Å². The van der Waals surface area contributed by atoms with Crippen molar-refractivity contribution in [3.63, 3.8) is 0 Å². The Hall–Kier alpha value is -2.94. The highest BCUT2D eigenvalue weighted by molar-refractivity contribution is 6.13. The average Bonchev–Trinajstić information content (AvgIpc) is 3.00. The maximum Gasteiger partial charge on any atom is 0.325 e. The highest BCUT2D eigenvalue weighted by Gasteiger charge is 2.54. The van der Waals surface area contributed by atoms with E-state index in [1.807, 2.05) is 0 Å². The minimum atomic E-state index is -0.959. The number of rotatable bonds is 5. The van der Waals surface area contributed by atoms with Crippen LogP contribution in [0.5, 0.6) is 5.75 Å². The lowest BCUT2D eigenvalue weighted by atomic mass is 9.86. The molecule has 0 aromatic heterocycles. The quantitative estimate of drug-likeness (QED) is 0.550. The Morgan fingerprint density at radius 2 is 1.84 bits per heavy atom. The predicted octanol–water partition coefficient (Wildman–Crippen LogP) is 1.66. The molecule has 1 aromatic carbocycles. The number of imide groups is 1. The minimum Gasteiger partial charge on any atom is -0.482 e. The van der Waals surface area contributed by atoms with Crippen LogP contribution in [0.4, 0.5) is 10.5 Å². The lowest BCUT2D eigenvalue weighted by Crippen LogP contribution is -2.55. The van der Waals surface area contributed by atoms with Gasteiger partial charge in [-0.1, -0.05) is 13.8 Å². The molecule has 2 saturated heterocycles. The molecule has 32 heavy (non-hydrogen) atoms. The number of Topliss-reactive ketones (excluding diaryl/α,β-unsaturated/α-hetero) is 1. The lowest BCUT2D eigenvalue weighted by Gasteiger charge is -2.38. The van der Waals surface area contributed by atoms with Crippen LogP contribution in [0.25, 0.3) is 0 Å². The molecule has 3 aliphatic rings. The van der Waals surface area contributed by atoms with E-state index in [0.717, 1.165) is 24.5 Å². The van der Waals surface area contributed by atoms with Crippen molar-refractivity contribution in [1.29, 1.82) is 0 Å². The molecule has 0 bridgehead atoms. The van der Waals surface area contributed by atoms with E-state index in [-0.39, 0.29) is 24.2 Å². The molecule has 1 N–H and O–H groups in total. The number of carbonyl (C=O) groups is 4. The highest BCUT2D eigenvalue weighted by Crippen LogP contribution is 2.34. The summed E-state index contributed by atoms with van der Waals surface area (Å²) in [6.45, 7) is 8.24. The number of amides is 4. The molecule has 1 spiro atoms. The van der Waals surface area contributed by atoms with Gasteiger partial charge in [0.15, 0.2) is 12.4 Å². The zero-order valence-corrected chi connectivity index (χ0v) is 19.0. The van der Waals surface area contributed by atoms with Crippen LogP contribution in [0.3, 0.4) is 0 Å². The molecule has 2 fully saturated rings. The van der Waals surface area contributed by atoms with E-state index in [9.17, 15) is 19.2 Å². The zero-order valence-electron chi connectivity index (χ0n) is 19.0. The molecule has 9 heteroatoms. The third kappa shape index (κ3) is 3.74. The van der Waals surface area contributed by atoms with Crippen molar-refractivity contribution < 1.29 is 23.9 Å². The van der Waals surface area contributed by atoms with Crippen LogP contribution < -0.4 is 15.0 Å². The highest BCUT2D eigenvalue weighted by atomic mass is 16.5. The van der Waals surface area contributed by atoms with Crippen LogP contribution in [0.2, 0.25) is 0 Å². The first-order valence-corrected chi connectivity index (χ1v) is 11.1. The van der Waals surface area contributed by atoms with Gasteiger partial charge in [0.05, 0.1) is 5.69 Å². The van der Waals surface area contributed by atoms with Crippen molar-refractivity contribution >= 4 is 29.3 Å². The number of carbonyl (C=O) groups excluding carboxylic acids is 4. The molecule has 172 valence electrons. The molecule has 3 heterocycles. The molecule has 0 saturated carbocycles. The van der Waals surface area contributed by atoms with Gasteiger partial charge in [-0.15, -0.1) is 0 Å². The summed E-state index contributed by atoms with van der Waals surface area (Å²) in [7, 11) is 1.62. The van der Waals surface area contributed by atoms with E-state index in [2.05, 4.69) is 24.1 Å². The SMILES string of the molecule is CC(C)CN1CCC2(CC1)NC(=O)N(C(C)C(=O)c1ccc3c(c1)N(C)C(=O)CO3)C2=O. The van der Waals surface area contributed by atoms with Crippen molar-refractivity contribution in [1.82, 2.24) is 15.1 Å². The summed E-state index contributed by atoms with van der Waals surface area (Å²) in [5, 5.41) is 2.88. The molecular formula is C23H30N4O5. The van der Waals surface area contributed by atoms with Gasteiger partial charge in [-0.05, 0) is 43.9 Å². The summed E-state index contributed by atoms with van der Waals surface area (Å²) >= 11 is 0. The average molecular weight is 443 g/mol. The van der Waals surface area contributed by atoms with Gasteiger partial charge < -0.3 is 19.9 Å². The first kappa shape index (κ1) is 22.3. The Morgan fingerprint density at radius 3 is 2.50 bits per heavy atom. The topological polar surface area (TPSA) is 99.3 Å². The molecule has 3 aliphatic heterocycles. The molecule has 9 nitrogen and oxygen atoms in total. The van der Waals surface area contributed by atoms with Crippen LogP contribution in [0, 0.1) is 5.92 Å². The number of benzene rings is 1. The Kier molecular flexibility index (Phi) is 5.70. The standard InChI is InChI=1S/C23H30N4O5/c1-14(2)12-26-9-7-23(8-10-26)21(30)27(22(31)24-23)15(3)20(29)16-5-6-18-17(11-16)25(4)19(28)13-32-18/h5-6,11,14-15H,7-10,12-13H2,1-4H3,(H,24,31). The fourth-order valence-electron chi connectivity index (χ4n) is 4.75. The van der Waals surface area contributed by atoms with Crippen LogP contribution >= 0.6 is 0 Å². The summed E-state index contributed by atoms with van der Waals surface area (Å²) < 4.78 is 5.41. The number of nitrogens with one attached hydrogen (secondary N) is 1. The first-order chi connectivity index (χ1) is 15.1. The largest absolute Gasteiger partial charge is 0.482 e. The van der Waals surface area contributed by atoms with Crippen molar-refractivity contribution in [2.24, 2.45) is 5.92 Å². The Bertz CT molecular complexity index is 967. The number of hydrogen-bond acceptors (Lipinski definition) is 6. The van der Waals surface area contributed by atoms with E-state index >= 15 is 0 Å². The van der Waals surface area contributed by atoms with Gasteiger partial charge in [0.1, 0.15) is 17.3 Å². The van der Waals surface area contributed by atoms with Gasteiger partial charge in [-0.3, -0.25) is 19.3 Å². The first-order valence-electron chi connectivity index (χ1n) is 11.1. The summed E-state index contributed by atoms with van der Waals surface area (Å²) in [4.78, 5) is 56.0. The molecule has 1 aromatic rings. The molecule has 4 amide bonds. The third-order valence-electron chi connectivity index (χ3n) is 6.62. The number of nitrogens with zero attached hydrogens (tertiary/aromatic N) is 3. The smallest absolute Gasteiger partial charge is 0.325 e. The van der Waals surface area contributed by atoms with Gasteiger partial charge in [-0.2, -0.15) is 0 Å². The van der Waals surface area contributed by atoms with E-state index in [1.54, 1.807) is 32.2 Å². The van der Waals surface area contributed by atoms with Crippen LogP contribution in [-0.4, -0.2) is 78.3 Å². The van der Waals surface area contributed by atoms with Crippen LogP contribution in [-0.2, 0) is 9.59 Å². The number of urea groups is 1. The monoisotopic (exact) mass is 442 g/mol. The second-order valence-electron chi connectivity index (χ2n) is 9.35. The van der Waals surface area contributed by atoms with Gasteiger partial charge in [0.2, 0.25) is 0 Å². The normalized spacial score (nSPS) is 21.6. The van der Waals surface area contributed by atoms with Gasteiger partial charge >= 0.3 is 6.03 Å². The molecule has 1 unspecified atom stereocenters. The summed E-state index contributed by atoms with van der Waals surface area (Å²) in [5.41, 5.74) is -0.129. The molecule has 4 rings (SSSR count). The van der Waals surface area contributed by atoms with Crippen LogP contribution in [0.15, 0.2) is 18.2 Å². The fraction of sp³-hybridized carbons (Fsp3) is 0.565. The van der Waals surface area contributed by atoms with Crippen molar-refractivity contribution in [3.8, 4) is 5.75 Å². The maximum atomic E-state index is 13.3. The number of anilines is 1. The molecular weight excluding hydrogens is 412 g/mol. The third-order valence-corrected chi connectivity index (χ3v) is 6.62. The Morgan fingerprint density at radius 1 is 1.16 bits per heavy atom. The number of likely N-dealkylation sites (N-methyl/N-ethyl adjacent to an activating group) is 1. The van der Waals surface area contributed by atoms with Crippen molar-refractivity contribution in [2.45, 2.75) is 45.2 Å². The number of ether oxygens (including phenoxy) is 1. The van der Waals surface area contributed by atoms with Gasteiger partial charge in [-0.25, -0.2) is 4.79 Å². The van der Waals surface area contributed by atoms with Gasteiger partial charge in [0, 0.05) is 32.2 Å². The second-order valence-corrected chi connectivity index (χ2v) is 9.35. The number of likely N-dealkylation sites (tertiary alicyclic amines) is 1. The molecule has 0 radical (unpaired) electrons. The van der Waals surface area contributed by atoms with Crippen molar-refractivity contribution in [2.75, 3.05) is 38.2 Å².